The highest BCUT2D eigenvalue weighted by molar-refractivity contribution is 5.29. The first kappa shape index (κ1) is 7.83. The zero-order valence-corrected chi connectivity index (χ0v) is 6.66. The first-order valence-electron chi connectivity index (χ1n) is 3.29. The molecule has 11 heavy (non-hydrogen) atoms. The number of aromatic nitrogens is 2. The van der Waals surface area contributed by atoms with Crippen LogP contribution < -0.4 is 0 Å². The summed E-state index contributed by atoms with van der Waals surface area (Å²) in [6, 6.07) is 0. The molecule has 0 saturated heterocycles. The second kappa shape index (κ2) is 3.79. The zero-order valence-electron chi connectivity index (χ0n) is 6.66. The molecule has 1 aromatic heterocycles. The van der Waals surface area contributed by atoms with Crippen molar-refractivity contribution in [3.63, 3.8) is 0 Å². The van der Waals surface area contributed by atoms with Gasteiger partial charge in [-0.1, -0.05) is 11.8 Å². The molecule has 1 heterocycles. The summed E-state index contributed by atoms with van der Waals surface area (Å²) < 4.78 is 6.49. The van der Waals surface area contributed by atoms with Crippen LogP contribution in [0.1, 0.15) is 5.56 Å². The van der Waals surface area contributed by atoms with Crippen LogP contribution in [0, 0.1) is 11.8 Å². The molecule has 0 N–H and O–H groups in total. The standard InChI is InChI=1S/C8H10N2O/c1-10-7-8(6-9-10)4-3-5-11-2/h6-7H,5H2,1-2H3. The molecule has 0 radical (unpaired) electrons. The van der Waals surface area contributed by atoms with Crippen molar-refractivity contribution in [1.29, 1.82) is 0 Å². The van der Waals surface area contributed by atoms with Gasteiger partial charge < -0.3 is 4.74 Å². The highest BCUT2D eigenvalue weighted by atomic mass is 16.5. The van der Waals surface area contributed by atoms with Crippen LogP contribution >= 0.6 is 0 Å². The van der Waals surface area contributed by atoms with Gasteiger partial charge in [0.05, 0.1) is 11.8 Å². The Kier molecular flexibility index (Phi) is 2.70. The molecule has 0 bridgehead atoms. The molecule has 0 aliphatic heterocycles. The predicted octanol–water partition coefficient (Wildman–Crippen LogP) is 0.418. The molecule has 0 spiro atoms. The Morgan fingerprint density at radius 1 is 1.73 bits per heavy atom. The average Bonchev–Trinajstić information content (AvgIpc) is 2.37. The minimum Gasteiger partial charge on any atom is -0.372 e. The van der Waals surface area contributed by atoms with Crippen molar-refractivity contribution in [2.45, 2.75) is 0 Å². The molecule has 0 unspecified atom stereocenters. The Morgan fingerprint density at radius 2 is 2.55 bits per heavy atom. The molecule has 0 saturated carbocycles. The van der Waals surface area contributed by atoms with Gasteiger partial charge in [-0.2, -0.15) is 5.10 Å². The average molecular weight is 150 g/mol. The van der Waals surface area contributed by atoms with Crippen LogP contribution in [0.3, 0.4) is 0 Å². The van der Waals surface area contributed by atoms with Crippen molar-refractivity contribution in [3.05, 3.63) is 18.0 Å². The van der Waals surface area contributed by atoms with E-state index in [1.165, 1.54) is 0 Å². The Labute approximate surface area is 66.0 Å². The molecule has 1 aromatic rings. The van der Waals surface area contributed by atoms with E-state index in [0.717, 1.165) is 5.56 Å². The lowest BCUT2D eigenvalue weighted by atomic mass is 10.4. The molecule has 0 fully saturated rings. The fourth-order valence-corrected chi connectivity index (χ4v) is 0.696. The Bertz CT molecular complexity index is 280. The van der Waals surface area contributed by atoms with Crippen molar-refractivity contribution >= 4 is 0 Å². The van der Waals surface area contributed by atoms with Gasteiger partial charge in [0.15, 0.2) is 0 Å². The molecule has 58 valence electrons. The summed E-state index contributed by atoms with van der Waals surface area (Å²) in [7, 11) is 3.49. The summed E-state index contributed by atoms with van der Waals surface area (Å²) in [4.78, 5) is 0. The SMILES string of the molecule is COCC#Cc1cnn(C)c1. The minimum atomic E-state index is 0.467. The van der Waals surface area contributed by atoms with Gasteiger partial charge in [0.1, 0.15) is 6.61 Å². The third-order valence-corrected chi connectivity index (χ3v) is 1.15. The Hall–Kier alpha value is -1.27. The van der Waals surface area contributed by atoms with Crippen LogP contribution in [-0.2, 0) is 11.8 Å². The van der Waals surface area contributed by atoms with Gasteiger partial charge in [0, 0.05) is 20.4 Å². The highest BCUT2D eigenvalue weighted by Gasteiger charge is 1.87. The van der Waals surface area contributed by atoms with Gasteiger partial charge in [0.25, 0.3) is 0 Å². The van der Waals surface area contributed by atoms with Crippen LogP contribution in [-0.4, -0.2) is 23.5 Å². The van der Waals surface area contributed by atoms with Crippen LogP contribution in [0.4, 0.5) is 0 Å². The summed E-state index contributed by atoms with van der Waals surface area (Å²) in [6.07, 6.45) is 3.59. The van der Waals surface area contributed by atoms with Gasteiger partial charge in [-0.3, -0.25) is 4.68 Å². The van der Waals surface area contributed by atoms with E-state index in [1.807, 2.05) is 13.2 Å². The number of aryl methyl sites for hydroxylation is 1. The van der Waals surface area contributed by atoms with Gasteiger partial charge in [-0.15, -0.1) is 0 Å². The smallest absolute Gasteiger partial charge is 0.107 e. The first-order valence-corrected chi connectivity index (χ1v) is 3.29. The van der Waals surface area contributed by atoms with E-state index in [9.17, 15) is 0 Å². The van der Waals surface area contributed by atoms with E-state index in [0.29, 0.717) is 6.61 Å². The van der Waals surface area contributed by atoms with Gasteiger partial charge in [-0.05, 0) is 0 Å². The number of nitrogens with zero attached hydrogens (tertiary/aromatic N) is 2. The molecule has 3 heteroatoms. The third-order valence-electron chi connectivity index (χ3n) is 1.15. The van der Waals surface area contributed by atoms with Crippen LogP contribution in [0.5, 0.6) is 0 Å². The summed E-state index contributed by atoms with van der Waals surface area (Å²) >= 11 is 0. The maximum Gasteiger partial charge on any atom is 0.107 e. The maximum atomic E-state index is 4.77. The van der Waals surface area contributed by atoms with E-state index in [-0.39, 0.29) is 0 Å². The van der Waals surface area contributed by atoms with Crippen molar-refractivity contribution < 1.29 is 4.74 Å². The molecule has 0 amide bonds. The number of ether oxygens (including phenoxy) is 1. The number of hydrogen-bond acceptors (Lipinski definition) is 2. The lowest BCUT2D eigenvalue weighted by Crippen LogP contribution is -1.84. The van der Waals surface area contributed by atoms with E-state index < -0.39 is 0 Å². The molecule has 0 aliphatic carbocycles. The molecular weight excluding hydrogens is 140 g/mol. The molecule has 1 rings (SSSR count). The molecule has 0 aromatic carbocycles. The van der Waals surface area contributed by atoms with E-state index >= 15 is 0 Å². The molecule has 0 aliphatic rings. The number of rotatable bonds is 1. The predicted molar refractivity (Wildman–Crippen MR) is 42.0 cm³/mol. The zero-order chi connectivity index (χ0) is 8.10. The Balaban J connectivity index is 2.59. The molecule has 0 atom stereocenters. The van der Waals surface area contributed by atoms with E-state index in [2.05, 4.69) is 16.9 Å². The second-order valence-electron chi connectivity index (χ2n) is 2.14. The lowest BCUT2D eigenvalue weighted by molar-refractivity contribution is 0.240. The summed E-state index contributed by atoms with van der Waals surface area (Å²) in [5, 5.41) is 3.97. The van der Waals surface area contributed by atoms with E-state index in [1.54, 1.807) is 18.0 Å². The van der Waals surface area contributed by atoms with Crippen LogP contribution in [0.25, 0.3) is 0 Å². The normalized spacial score (nSPS) is 8.91. The summed E-state index contributed by atoms with van der Waals surface area (Å²) in [5.41, 5.74) is 0.921. The van der Waals surface area contributed by atoms with Gasteiger partial charge in [-0.25, -0.2) is 0 Å². The quantitative estimate of drug-likeness (QED) is 0.542. The van der Waals surface area contributed by atoms with Crippen molar-refractivity contribution in [2.75, 3.05) is 13.7 Å². The lowest BCUT2D eigenvalue weighted by Gasteiger charge is -1.81. The second-order valence-corrected chi connectivity index (χ2v) is 2.14. The van der Waals surface area contributed by atoms with E-state index in [4.69, 9.17) is 4.74 Å². The fourth-order valence-electron chi connectivity index (χ4n) is 0.696. The van der Waals surface area contributed by atoms with Crippen LogP contribution in [0.2, 0.25) is 0 Å². The highest BCUT2D eigenvalue weighted by Crippen LogP contribution is 1.91. The first-order chi connectivity index (χ1) is 5.33. The number of hydrogen-bond donors (Lipinski definition) is 0. The monoisotopic (exact) mass is 150 g/mol. The maximum absolute atomic E-state index is 4.77. The summed E-state index contributed by atoms with van der Waals surface area (Å²) in [6.45, 7) is 0.467. The minimum absolute atomic E-state index is 0.467. The third kappa shape index (κ3) is 2.44. The van der Waals surface area contributed by atoms with Crippen molar-refractivity contribution in [1.82, 2.24) is 9.78 Å². The van der Waals surface area contributed by atoms with Crippen molar-refractivity contribution in [3.8, 4) is 11.8 Å². The van der Waals surface area contributed by atoms with Gasteiger partial charge >= 0.3 is 0 Å². The molecular formula is C8H10N2O. The fraction of sp³-hybridized carbons (Fsp3) is 0.375. The topological polar surface area (TPSA) is 27.1 Å². The van der Waals surface area contributed by atoms with Gasteiger partial charge in [0.2, 0.25) is 0 Å². The largest absolute Gasteiger partial charge is 0.372 e. The number of methoxy groups -OCH3 is 1. The Morgan fingerprint density at radius 3 is 3.09 bits per heavy atom. The van der Waals surface area contributed by atoms with Crippen LogP contribution in [0.15, 0.2) is 12.4 Å². The summed E-state index contributed by atoms with van der Waals surface area (Å²) in [5.74, 6) is 5.75. The van der Waals surface area contributed by atoms with Crippen molar-refractivity contribution in [2.24, 2.45) is 7.05 Å². The molecule has 3 nitrogen and oxygen atoms in total.